The minimum atomic E-state index is 0.0948. The minimum Gasteiger partial charge on any atom is -0.493 e. The van der Waals surface area contributed by atoms with Crippen LogP contribution in [0.4, 0.5) is 0 Å². The Kier molecular flexibility index (Phi) is 6.58. The van der Waals surface area contributed by atoms with Gasteiger partial charge in [-0.3, -0.25) is 9.59 Å². The Morgan fingerprint density at radius 3 is 2.30 bits per heavy atom. The second kappa shape index (κ2) is 9.11. The van der Waals surface area contributed by atoms with Crippen LogP contribution in [0, 0.1) is 5.92 Å². The molecular formula is C21H30N2O4. The van der Waals surface area contributed by atoms with Crippen LogP contribution in [-0.4, -0.2) is 62.0 Å². The molecule has 1 saturated carbocycles. The molecule has 27 heavy (non-hydrogen) atoms. The standard InChI is InChI=1S/C21H30N2O4/c1-26-18-9-8-16(14-19(18)27-2)15-20(24)22-10-5-11-23(13-12-22)21(25)17-6-3-4-7-17/h8-9,14,17H,3-7,10-13,15H2,1-2H3. The number of carbonyl (C=O) groups is 2. The highest BCUT2D eigenvalue weighted by atomic mass is 16.5. The number of rotatable bonds is 5. The molecule has 0 spiro atoms. The minimum absolute atomic E-state index is 0.0948. The van der Waals surface area contributed by atoms with Gasteiger partial charge in [0.05, 0.1) is 20.6 Å². The zero-order valence-corrected chi connectivity index (χ0v) is 16.4. The Labute approximate surface area is 161 Å². The molecule has 0 unspecified atom stereocenters. The largest absolute Gasteiger partial charge is 0.493 e. The number of carbonyl (C=O) groups excluding carboxylic acids is 2. The number of nitrogens with zero attached hydrogens (tertiary/aromatic N) is 2. The maximum absolute atomic E-state index is 12.8. The molecule has 1 heterocycles. The molecule has 1 aromatic carbocycles. The van der Waals surface area contributed by atoms with E-state index in [2.05, 4.69) is 0 Å². The SMILES string of the molecule is COc1ccc(CC(=O)N2CCCN(C(=O)C3CCCC3)CC2)cc1OC. The van der Waals surface area contributed by atoms with Crippen molar-refractivity contribution in [2.45, 2.75) is 38.5 Å². The van der Waals surface area contributed by atoms with E-state index in [9.17, 15) is 9.59 Å². The fraction of sp³-hybridized carbons (Fsp3) is 0.619. The number of hydrogen-bond donors (Lipinski definition) is 0. The number of methoxy groups -OCH3 is 2. The molecule has 6 heteroatoms. The van der Waals surface area contributed by atoms with E-state index in [4.69, 9.17) is 9.47 Å². The summed E-state index contributed by atoms with van der Waals surface area (Å²) < 4.78 is 10.6. The van der Waals surface area contributed by atoms with Crippen LogP contribution < -0.4 is 9.47 Å². The Morgan fingerprint density at radius 1 is 0.926 bits per heavy atom. The fourth-order valence-corrected chi connectivity index (χ4v) is 4.10. The number of ether oxygens (including phenoxy) is 2. The van der Waals surface area contributed by atoms with Gasteiger partial charge in [-0.15, -0.1) is 0 Å². The highest BCUT2D eigenvalue weighted by Gasteiger charge is 2.29. The molecule has 3 rings (SSSR count). The van der Waals surface area contributed by atoms with E-state index in [-0.39, 0.29) is 11.8 Å². The van der Waals surface area contributed by atoms with Gasteiger partial charge < -0.3 is 19.3 Å². The van der Waals surface area contributed by atoms with E-state index in [1.165, 1.54) is 12.8 Å². The summed E-state index contributed by atoms with van der Waals surface area (Å²) in [5.41, 5.74) is 0.904. The Bertz CT molecular complexity index is 670. The van der Waals surface area contributed by atoms with Crippen molar-refractivity contribution in [2.75, 3.05) is 40.4 Å². The predicted molar refractivity (Wildman–Crippen MR) is 103 cm³/mol. The summed E-state index contributed by atoms with van der Waals surface area (Å²) in [6, 6.07) is 5.57. The van der Waals surface area contributed by atoms with Crippen molar-refractivity contribution >= 4 is 11.8 Å². The highest BCUT2D eigenvalue weighted by molar-refractivity contribution is 5.80. The van der Waals surface area contributed by atoms with Crippen LogP contribution >= 0.6 is 0 Å². The quantitative estimate of drug-likeness (QED) is 0.795. The van der Waals surface area contributed by atoms with Crippen molar-refractivity contribution in [3.8, 4) is 11.5 Å². The third kappa shape index (κ3) is 4.73. The number of amides is 2. The first-order valence-electron chi connectivity index (χ1n) is 9.90. The van der Waals surface area contributed by atoms with Gasteiger partial charge in [0.15, 0.2) is 11.5 Å². The molecule has 0 atom stereocenters. The van der Waals surface area contributed by atoms with Crippen molar-refractivity contribution in [2.24, 2.45) is 5.92 Å². The summed E-state index contributed by atoms with van der Waals surface area (Å²) in [6.07, 6.45) is 5.56. The lowest BCUT2D eigenvalue weighted by atomic mass is 10.1. The van der Waals surface area contributed by atoms with Crippen molar-refractivity contribution in [1.29, 1.82) is 0 Å². The Balaban J connectivity index is 1.57. The number of hydrogen-bond acceptors (Lipinski definition) is 4. The van der Waals surface area contributed by atoms with Crippen LogP contribution in [0.3, 0.4) is 0 Å². The number of benzene rings is 1. The maximum Gasteiger partial charge on any atom is 0.227 e. The second-order valence-electron chi connectivity index (χ2n) is 7.41. The molecular weight excluding hydrogens is 344 g/mol. The second-order valence-corrected chi connectivity index (χ2v) is 7.41. The summed E-state index contributed by atoms with van der Waals surface area (Å²) in [5.74, 6) is 1.88. The van der Waals surface area contributed by atoms with Crippen molar-refractivity contribution in [3.05, 3.63) is 23.8 Å². The highest BCUT2D eigenvalue weighted by Crippen LogP contribution is 2.28. The van der Waals surface area contributed by atoms with Gasteiger partial charge in [-0.2, -0.15) is 0 Å². The molecule has 0 radical (unpaired) electrons. The Morgan fingerprint density at radius 2 is 1.59 bits per heavy atom. The molecule has 0 bridgehead atoms. The zero-order chi connectivity index (χ0) is 19.2. The maximum atomic E-state index is 12.8. The zero-order valence-electron chi connectivity index (χ0n) is 16.4. The van der Waals surface area contributed by atoms with E-state index >= 15 is 0 Å². The molecule has 6 nitrogen and oxygen atoms in total. The molecule has 2 aliphatic rings. The smallest absolute Gasteiger partial charge is 0.227 e. The van der Waals surface area contributed by atoms with E-state index < -0.39 is 0 Å². The molecule has 1 saturated heterocycles. The normalized spacial score (nSPS) is 18.3. The lowest BCUT2D eigenvalue weighted by molar-refractivity contribution is -0.136. The van der Waals surface area contributed by atoms with Crippen molar-refractivity contribution in [3.63, 3.8) is 0 Å². The first-order chi connectivity index (χ1) is 13.1. The topological polar surface area (TPSA) is 59.1 Å². The lowest BCUT2D eigenvalue weighted by Gasteiger charge is -2.24. The van der Waals surface area contributed by atoms with E-state index in [1.807, 2.05) is 28.0 Å². The lowest BCUT2D eigenvalue weighted by Crippen LogP contribution is -2.39. The average Bonchev–Trinajstić information content (AvgIpc) is 3.11. The molecule has 2 fully saturated rings. The molecule has 148 valence electrons. The summed E-state index contributed by atoms with van der Waals surface area (Å²) in [5, 5.41) is 0. The average molecular weight is 374 g/mol. The summed E-state index contributed by atoms with van der Waals surface area (Å²) >= 11 is 0. The van der Waals surface area contributed by atoms with E-state index in [0.29, 0.717) is 43.5 Å². The van der Waals surface area contributed by atoms with Gasteiger partial charge in [-0.1, -0.05) is 18.9 Å². The molecule has 2 amide bonds. The van der Waals surface area contributed by atoms with Gasteiger partial charge in [-0.05, 0) is 37.0 Å². The van der Waals surface area contributed by atoms with E-state index in [1.54, 1.807) is 14.2 Å². The monoisotopic (exact) mass is 374 g/mol. The third-order valence-corrected chi connectivity index (χ3v) is 5.67. The van der Waals surface area contributed by atoms with E-state index in [0.717, 1.165) is 31.4 Å². The third-order valence-electron chi connectivity index (χ3n) is 5.67. The molecule has 1 aliphatic carbocycles. The van der Waals surface area contributed by atoms with Gasteiger partial charge in [0, 0.05) is 32.1 Å². The van der Waals surface area contributed by atoms with Crippen molar-refractivity contribution < 1.29 is 19.1 Å². The van der Waals surface area contributed by atoms with Crippen LogP contribution in [0.5, 0.6) is 11.5 Å². The van der Waals surface area contributed by atoms with Gasteiger partial charge in [-0.25, -0.2) is 0 Å². The van der Waals surface area contributed by atoms with Gasteiger partial charge in [0.25, 0.3) is 0 Å². The first kappa shape index (κ1) is 19.5. The first-order valence-corrected chi connectivity index (χ1v) is 9.90. The summed E-state index contributed by atoms with van der Waals surface area (Å²) in [4.78, 5) is 29.3. The van der Waals surface area contributed by atoms with Gasteiger partial charge in [0.2, 0.25) is 11.8 Å². The fourth-order valence-electron chi connectivity index (χ4n) is 4.10. The molecule has 1 aromatic rings. The molecule has 0 N–H and O–H groups in total. The van der Waals surface area contributed by atoms with Crippen molar-refractivity contribution in [1.82, 2.24) is 9.80 Å². The van der Waals surface area contributed by atoms with Gasteiger partial charge in [0.1, 0.15) is 0 Å². The molecule has 1 aliphatic heterocycles. The summed E-state index contributed by atoms with van der Waals surface area (Å²) in [7, 11) is 3.19. The Hall–Kier alpha value is -2.24. The van der Waals surface area contributed by atoms with Crippen LogP contribution in [0.2, 0.25) is 0 Å². The summed E-state index contributed by atoms with van der Waals surface area (Å²) in [6.45, 7) is 2.73. The molecule has 0 aromatic heterocycles. The van der Waals surface area contributed by atoms with Crippen LogP contribution in [-0.2, 0) is 16.0 Å². The van der Waals surface area contributed by atoms with Crippen LogP contribution in [0.25, 0.3) is 0 Å². The van der Waals surface area contributed by atoms with Crippen LogP contribution in [0.15, 0.2) is 18.2 Å². The van der Waals surface area contributed by atoms with Gasteiger partial charge >= 0.3 is 0 Å². The van der Waals surface area contributed by atoms with Crippen LogP contribution in [0.1, 0.15) is 37.7 Å². The predicted octanol–water partition coefficient (Wildman–Crippen LogP) is 2.50.